The number of nitrogens with two attached hydrogens (primary N) is 1. The second-order valence-corrected chi connectivity index (χ2v) is 4.44. The van der Waals surface area contributed by atoms with Crippen molar-refractivity contribution in [2.45, 2.75) is 6.10 Å². The van der Waals surface area contributed by atoms with Crippen molar-refractivity contribution in [2.24, 2.45) is 0 Å². The number of ether oxygens (including phenoxy) is 1. The molecule has 0 heterocycles. The van der Waals surface area contributed by atoms with Crippen LogP contribution in [0.4, 0.5) is 5.69 Å². The Morgan fingerprint density at radius 2 is 2.28 bits per heavy atom. The Morgan fingerprint density at radius 1 is 1.61 bits per heavy atom. The normalized spacial score (nSPS) is 12.2. The Hall–Kier alpha value is -1.30. The number of hydrogen-bond donors (Lipinski definition) is 2. The monoisotopic (exact) mass is 272 g/mol. The summed E-state index contributed by atoms with van der Waals surface area (Å²) in [6.45, 7) is 0.371. The first-order chi connectivity index (χ1) is 8.45. The molecule has 0 spiro atoms. The Morgan fingerprint density at radius 3 is 2.83 bits per heavy atom. The number of methoxy groups -OCH3 is 1. The van der Waals surface area contributed by atoms with Crippen molar-refractivity contribution in [1.29, 1.82) is 0 Å². The van der Waals surface area contributed by atoms with Gasteiger partial charge in [0, 0.05) is 26.3 Å². The van der Waals surface area contributed by atoms with Crippen molar-refractivity contribution in [3.8, 4) is 0 Å². The van der Waals surface area contributed by atoms with Gasteiger partial charge in [-0.05, 0) is 18.2 Å². The molecular weight excluding hydrogens is 256 g/mol. The average Bonchev–Trinajstić information content (AvgIpc) is 2.32. The molecule has 0 saturated carbocycles. The van der Waals surface area contributed by atoms with Gasteiger partial charge in [-0.3, -0.25) is 4.79 Å². The lowest BCUT2D eigenvalue weighted by Crippen LogP contribution is -2.36. The lowest BCUT2D eigenvalue weighted by Gasteiger charge is -2.20. The number of aliphatic hydroxyl groups is 1. The van der Waals surface area contributed by atoms with E-state index in [0.29, 0.717) is 16.3 Å². The maximum Gasteiger partial charge on any atom is 0.253 e. The van der Waals surface area contributed by atoms with Gasteiger partial charge in [0.25, 0.3) is 5.91 Å². The Kier molecular flexibility index (Phi) is 5.40. The van der Waals surface area contributed by atoms with Gasteiger partial charge < -0.3 is 20.5 Å². The number of rotatable bonds is 5. The van der Waals surface area contributed by atoms with E-state index in [1.807, 2.05) is 0 Å². The van der Waals surface area contributed by atoms with Gasteiger partial charge in [0.15, 0.2) is 0 Å². The fraction of sp³-hybridized carbons (Fsp3) is 0.417. The van der Waals surface area contributed by atoms with Crippen LogP contribution in [0, 0.1) is 0 Å². The van der Waals surface area contributed by atoms with E-state index in [0.717, 1.165) is 0 Å². The zero-order chi connectivity index (χ0) is 13.7. The number of anilines is 1. The maximum absolute atomic E-state index is 12.0. The van der Waals surface area contributed by atoms with Crippen LogP contribution in [0.1, 0.15) is 10.4 Å². The highest BCUT2D eigenvalue weighted by atomic mass is 35.5. The summed E-state index contributed by atoms with van der Waals surface area (Å²) in [6.07, 6.45) is -0.714. The second-order valence-electron chi connectivity index (χ2n) is 4.03. The number of halogens is 1. The summed E-state index contributed by atoms with van der Waals surface area (Å²) >= 11 is 5.78. The molecule has 1 aromatic rings. The molecule has 0 radical (unpaired) electrons. The molecular formula is C12H17ClN2O3. The molecule has 1 aromatic carbocycles. The topological polar surface area (TPSA) is 75.8 Å². The molecule has 0 aromatic heterocycles. The predicted octanol–water partition coefficient (Wildman–Crippen LogP) is 1.00. The number of hydrogen-bond acceptors (Lipinski definition) is 4. The van der Waals surface area contributed by atoms with Crippen LogP contribution in [0.25, 0.3) is 0 Å². The first-order valence-corrected chi connectivity index (χ1v) is 5.81. The molecule has 1 amide bonds. The SMILES string of the molecule is COCC(O)CN(C)C(=O)c1ccc(Cl)c(N)c1. The number of amides is 1. The molecule has 0 saturated heterocycles. The van der Waals surface area contributed by atoms with Crippen molar-refractivity contribution in [3.63, 3.8) is 0 Å². The molecule has 100 valence electrons. The largest absolute Gasteiger partial charge is 0.398 e. The number of carbonyl (C=O) groups excluding carboxylic acids is 1. The van der Waals surface area contributed by atoms with E-state index in [-0.39, 0.29) is 19.1 Å². The quantitative estimate of drug-likeness (QED) is 0.784. The second kappa shape index (κ2) is 6.58. The smallest absolute Gasteiger partial charge is 0.253 e. The summed E-state index contributed by atoms with van der Waals surface area (Å²) in [5.74, 6) is -0.228. The van der Waals surface area contributed by atoms with Crippen molar-refractivity contribution >= 4 is 23.2 Å². The lowest BCUT2D eigenvalue weighted by atomic mass is 10.1. The van der Waals surface area contributed by atoms with Crippen LogP contribution < -0.4 is 5.73 Å². The third-order valence-electron chi connectivity index (χ3n) is 2.43. The highest BCUT2D eigenvalue weighted by Crippen LogP contribution is 2.20. The van der Waals surface area contributed by atoms with Crippen LogP contribution >= 0.6 is 11.6 Å². The van der Waals surface area contributed by atoms with Gasteiger partial charge in [-0.15, -0.1) is 0 Å². The molecule has 1 atom stereocenters. The summed E-state index contributed by atoms with van der Waals surface area (Å²) in [6, 6.07) is 4.69. The zero-order valence-electron chi connectivity index (χ0n) is 10.4. The van der Waals surface area contributed by atoms with Crippen molar-refractivity contribution in [3.05, 3.63) is 28.8 Å². The fourth-order valence-electron chi connectivity index (χ4n) is 1.54. The Bertz CT molecular complexity index is 426. The van der Waals surface area contributed by atoms with Gasteiger partial charge in [-0.2, -0.15) is 0 Å². The summed E-state index contributed by atoms with van der Waals surface area (Å²) in [4.78, 5) is 13.4. The minimum atomic E-state index is -0.714. The number of benzene rings is 1. The van der Waals surface area contributed by atoms with E-state index in [1.54, 1.807) is 19.2 Å². The zero-order valence-corrected chi connectivity index (χ0v) is 11.1. The minimum absolute atomic E-state index is 0.181. The van der Waals surface area contributed by atoms with E-state index in [2.05, 4.69) is 0 Å². The fourth-order valence-corrected chi connectivity index (χ4v) is 1.66. The van der Waals surface area contributed by atoms with Crippen LogP contribution in [-0.4, -0.2) is 49.3 Å². The van der Waals surface area contributed by atoms with E-state index in [4.69, 9.17) is 22.1 Å². The van der Waals surface area contributed by atoms with Gasteiger partial charge >= 0.3 is 0 Å². The van der Waals surface area contributed by atoms with Crippen molar-refractivity contribution in [2.75, 3.05) is 33.0 Å². The van der Waals surface area contributed by atoms with Gasteiger partial charge in [0.05, 0.1) is 23.4 Å². The Balaban J connectivity index is 2.71. The first-order valence-electron chi connectivity index (χ1n) is 5.43. The number of aliphatic hydroxyl groups excluding tert-OH is 1. The van der Waals surface area contributed by atoms with Crippen molar-refractivity contribution < 1.29 is 14.6 Å². The molecule has 0 aliphatic carbocycles. The van der Waals surface area contributed by atoms with Crippen LogP contribution in [0.15, 0.2) is 18.2 Å². The van der Waals surface area contributed by atoms with E-state index in [1.165, 1.54) is 18.1 Å². The molecule has 6 heteroatoms. The van der Waals surface area contributed by atoms with Gasteiger partial charge in [-0.1, -0.05) is 11.6 Å². The maximum atomic E-state index is 12.0. The summed E-state index contributed by atoms with van der Waals surface area (Å²) < 4.78 is 4.80. The molecule has 5 nitrogen and oxygen atoms in total. The molecule has 3 N–H and O–H groups in total. The summed E-state index contributed by atoms with van der Waals surface area (Å²) in [7, 11) is 3.09. The van der Waals surface area contributed by atoms with Crippen LogP contribution in [0.3, 0.4) is 0 Å². The molecule has 1 unspecified atom stereocenters. The van der Waals surface area contributed by atoms with Gasteiger partial charge in [-0.25, -0.2) is 0 Å². The van der Waals surface area contributed by atoms with E-state index in [9.17, 15) is 9.90 Å². The number of likely N-dealkylation sites (N-methyl/N-ethyl adjacent to an activating group) is 1. The lowest BCUT2D eigenvalue weighted by molar-refractivity contribution is 0.0380. The van der Waals surface area contributed by atoms with E-state index >= 15 is 0 Å². The molecule has 0 fully saturated rings. The van der Waals surface area contributed by atoms with Crippen molar-refractivity contribution in [1.82, 2.24) is 4.90 Å². The minimum Gasteiger partial charge on any atom is -0.398 e. The molecule has 1 rings (SSSR count). The average molecular weight is 273 g/mol. The first kappa shape index (κ1) is 14.8. The molecule has 0 aliphatic heterocycles. The standard InChI is InChI=1S/C12H17ClN2O3/c1-15(6-9(16)7-18-2)12(17)8-3-4-10(13)11(14)5-8/h3-5,9,16H,6-7,14H2,1-2H3. The predicted molar refractivity (Wildman–Crippen MR) is 70.7 cm³/mol. The number of carbonyl (C=O) groups is 1. The van der Waals surface area contributed by atoms with Gasteiger partial charge in [0.2, 0.25) is 0 Å². The van der Waals surface area contributed by atoms with Crippen LogP contribution in [0.2, 0.25) is 5.02 Å². The van der Waals surface area contributed by atoms with Crippen LogP contribution in [-0.2, 0) is 4.74 Å². The van der Waals surface area contributed by atoms with Crippen LogP contribution in [0.5, 0.6) is 0 Å². The van der Waals surface area contributed by atoms with Gasteiger partial charge in [0.1, 0.15) is 0 Å². The highest BCUT2D eigenvalue weighted by molar-refractivity contribution is 6.33. The third-order valence-corrected chi connectivity index (χ3v) is 2.78. The number of nitrogens with zero attached hydrogens (tertiary/aromatic N) is 1. The third kappa shape index (κ3) is 3.87. The summed E-state index contributed by atoms with van der Waals surface area (Å²) in [5.41, 5.74) is 6.42. The summed E-state index contributed by atoms with van der Waals surface area (Å²) in [5, 5.41) is 9.96. The molecule has 0 aliphatic rings. The van der Waals surface area contributed by atoms with E-state index < -0.39 is 6.10 Å². The highest BCUT2D eigenvalue weighted by Gasteiger charge is 2.16. The molecule has 0 bridgehead atoms. The Labute approximate surface area is 111 Å². The molecule has 18 heavy (non-hydrogen) atoms. The number of nitrogen functional groups attached to an aromatic ring is 1.